The molecule has 0 spiro atoms. The minimum atomic E-state index is -0.0835. The van der Waals surface area contributed by atoms with E-state index in [4.69, 9.17) is 0 Å². The Morgan fingerprint density at radius 2 is 2.42 bits per heavy atom. The van der Waals surface area contributed by atoms with Crippen LogP contribution >= 0.6 is 11.8 Å². The van der Waals surface area contributed by atoms with Gasteiger partial charge in [-0.1, -0.05) is 11.8 Å². The van der Waals surface area contributed by atoms with Gasteiger partial charge in [0.05, 0.1) is 0 Å². The molecule has 0 aliphatic carbocycles. The number of aromatic nitrogens is 2. The molecule has 1 aliphatic rings. The molecule has 1 saturated heterocycles. The summed E-state index contributed by atoms with van der Waals surface area (Å²) in [5, 5.41) is 4.44. The van der Waals surface area contributed by atoms with Crippen molar-refractivity contribution in [2.45, 2.75) is 10.4 Å². The molecule has 4 nitrogen and oxygen atoms in total. The van der Waals surface area contributed by atoms with Gasteiger partial charge < -0.3 is 10.3 Å². The molecule has 0 saturated carbocycles. The molecule has 0 atom stereocenters. The minimum absolute atomic E-state index is 0.0835. The van der Waals surface area contributed by atoms with E-state index < -0.39 is 0 Å². The van der Waals surface area contributed by atoms with Crippen molar-refractivity contribution in [2.75, 3.05) is 13.1 Å². The van der Waals surface area contributed by atoms with E-state index in [2.05, 4.69) is 15.3 Å². The second-order valence-electron chi connectivity index (χ2n) is 2.64. The molecule has 12 heavy (non-hydrogen) atoms. The zero-order chi connectivity index (χ0) is 8.39. The first-order valence-corrected chi connectivity index (χ1v) is 4.65. The Hall–Kier alpha value is -0.810. The molecule has 0 amide bonds. The molecule has 64 valence electrons. The first kappa shape index (κ1) is 7.82. The highest BCUT2D eigenvalue weighted by molar-refractivity contribution is 7.99. The minimum Gasteiger partial charge on any atom is -0.314 e. The third-order valence-electron chi connectivity index (χ3n) is 1.67. The lowest BCUT2D eigenvalue weighted by molar-refractivity contribution is 0.542. The van der Waals surface area contributed by atoms with Crippen LogP contribution in [0.15, 0.2) is 22.2 Å². The zero-order valence-electron chi connectivity index (χ0n) is 6.41. The summed E-state index contributed by atoms with van der Waals surface area (Å²) < 4.78 is 0. The summed E-state index contributed by atoms with van der Waals surface area (Å²) >= 11 is 1.62. The summed E-state index contributed by atoms with van der Waals surface area (Å²) in [6.07, 6.45) is 1.53. The Morgan fingerprint density at radius 3 is 3.00 bits per heavy atom. The smallest absolute Gasteiger partial charge is 0.251 e. The molecule has 0 radical (unpaired) electrons. The Bertz CT molecular complexity index is 320. The topological polar surface area (TPSA) is 57.8 Å². The van der Waals surface area contributed by atoms with E-state index in [-0.39, 0.29) is 5.56 Å². The van der Waals surface area contributed by atoms with E-state index in [0.29, 0.717) is 10.4 Å². The lowest BCUT2D eigenvalue weighted by atomic mass is 10.3. The average Bonchev–Trinajstić information content (AvgIpc) is 1.97. The van der Waals surface area contributed by atoms with Crippen LogP contribution < -0.4 is 10.9 Å². The third kappa shape index (κ3) is 1.67. The van der Waals surface area contributed by atoms with Crippen molar-refractivity contribution >= 4 is 11.8 Å². The Kier molecular flexibility index (Phi) is 2.14. The Balaban J connectivity index is 2.06. The summed E-state index contributed by atoms with van der Waals surface area (Å²) in [4.78, 5) is 17.6. The van der Waals surface area contributed by atoms with Gasteiger partial charge in [0.1, 0.15) is 0 Å². The summed E-state index contributed by atoms with van der Waals surface area (Å²) in [5.41, 5.74) is -0.0835. The highest BCUT2D eigenvalue weighted by Gasteiger charge is 2.18. The van der Waals surface area contributed by atoms with Crippen LogP contribution in [0.2, 0.25) is 0 Å². The summed E-state index contributed by atoms with van der Waals surface area (Å²) in [6.45, 7) is 2.01. The number of hydrogen-bond donors (Lipinski definition) is 2. The van der Waals surface area contributed by atoms with Crippen molar-refractivity contribution in [3.63, 3.8) is 0 Å². The fraction of sp³-hybridized carbons (Fsp3) is 0.429. The van der Waals surface area contributed by atoms with Crippen molar-refractivity contribution in [3.05, 3.63) is 22.6 Å². The van der Waals surface area contributed by atoms with Gasteiger partial charge in [-0.25, -0.2) is 4.98 Å². The lowest BCUT2D eigenvalue weighted by Gasteiger charge is -2.25. The van der Waals surface area contributed by atoms with Crippen LogP contribution in [-0.2, 0) is 0 Å². The Labute approximate surface area is 73.8 Å². The second kappa shape index (κ2) is 3.28. The maximum Gasteiger partial charge on any atom is 0.251 e. The monoisotopic (exact) mass is 183 g/mol. The third-order valence-corrected chi connectivity index (χ3v) is 2.77. The normalized spacial score (nSPS) is 17.3. The quantitative estimate of drug-likeness (QED) is 0.625. The van der Waals surface area contributed by atoms with Crippen molar-refractivity contribution in [1.29, 1.82) is 0 Å². The van der Waals surface area contributed by atoms with Crippen molar-refractivity contribution in [3.8, 4) is 0 Å². The maximum absolute atomic E-state index is 10.9. The second-order valence-corrected chi connectivity index (χ2v) is 3.93. The van der Waals surface area contributed by atoms with Crippen LogP contribution in [0.1, 0.15) is 0 Å². The number of nitrogens with zero attached hydrogens (tertiary/aromatic N) is 1. The van der Waals surface area contributed by atoms with E-state index in [1.54, 1.807) is 11.8 Å². The summed E-state index contributed by atoms with van der Waals surface area (Å²) in [6, 6.07) is 1.42. The molecule has 0 bridgehead atoms. The molecule has 1 aromatic rings. The van der Waals surface area contributed by atoms with Crippen LogP contribution in [0, 0.1) is 0 Å². The van der Waals surface area contributed by atoms with Crippen molar-refractivity contribution in [2.24, 2.45) is 0 Å². The number of hydrogen-bond acceptors (Lipinski definition) is 4. The van der Waals surface area contributed by atoms with E-state index in [9.17, 15) is 4.79 Å². The van der Waals surface area contributed by atoms with Gasteiger partial charge in [-0.3, -0.25) is 4.79 Å². The van der Waals surface area contributed by atoms with Crippen LogP contribution in [-0.4, -0.2) is 28.3 Å². The molecular formula is C7H9N3OS. The van der Waals surface area contributed by atoms with Crippen molar-refractivity contribution in [1.82, 2.24) is 15.3 Å². The van der Waals surface area contributed by atoms with E-state index in [1.807, 2.05) is 0 Å². The molecule has 1 aromatic heterocycles. The van der Waals surface area contributed by atoms with E-state index in [0.717, 1.165) is 13.1 Å². The van der Waals surface area contributed by atoms with E-state index in [1.165, 1.54) is 12.3 Å². The maximum atomic E-state index is 10.9. The van der Waals surface area contributed by atoms with Crippen LogP contribution in [0.3, 0.4) is 0 Å². The zero-order valence-corrected chi connectivity index (χ0v) is 7.23. The molecule has 0 unspecified atom stereocenters. The predicted molar refractivity (Wildman–Crippen MR) is 47.4 cm³/mol. The fourth-order valence-corrected chi connectivity index (χ4v) is 1.91. The highest BCUT2D eigenvalue weighted by atomic mass is 32.2. The fourth-order valence-electron chi connectivity index (χ4n) is 0.915. The first-order valence-electron chi connectivity index (χ1n) is 3.77. The predicted octanol–water partition coefficient (Wildman–Crippen LogP) is -0.166. The number of aromatic amines is 1. The number of thioether (sulfide) groups is 1. The SMILES string of the molecule is O=c1ccnc(SC2CNC2)[nH]1. The molecule has 1 aliphatic heterocycles. The van der Waals surface area contributed by atoms with Gasteiger partial charge in [-0.15, -0.1) is 0 Å². The molecule has 2 heterocycles. The standard InChI is InChI=1S/C7H9N3OS/c11-6-1-2-9-7(10-6)12-5-3-8-4-5/h1-2,5,8H,3-4H2,(H,9,10,11). The van der Waals surface area contributed by atoms with Gasteiger partial charge in [-0.2, -0.15) is 0 Å². The molecular weight excluding hydrogens is 174 g/mol. The number of rotatable bonds is 2. The first-order chi connectivity index (χ1) is 5.84. The van der Waals surface area contributed by atoms with Crippen molar-refractivity contribution < 1.29 is 0 Å². The van der Waals surface area contributed by atoms with Gasteiger partial charge in [0, 0.05) is 30.6 Å². The number of nitrogens with one attached hydrogen (secondary N) is 2. The number of H-pyrrole nitrogens is 1. The largest absolute Gasteiger partial charge is 0.314 e. The summed E-state index contributed by atoms with van der Waals surface area (Å²) in [7, 11) is 0. The van der Waals surface area contributed by atoms with Crippen LogP contribution in [0.5, 0.6) is 0 Å². The molecule has 0 aromatic carbocycles. The van der Waals surface area contributed by atoms with Gasteiger partial charge in [0.2, 0.25) is 0 Å². The van der Waals surface area contributed by atoms with Crippen LogP contribution in [0.25, 0.3) is 0 Å². The molecule has 5 heteroatoms. The average molecular weight is 183 g/mol. The lowest BCUT2D eigenvalue weighted by Crippen LogP contribution is -2.44. The molecule has 2 N–H and O–H groups in total. The molecule has 1 fully saturated rings. The van der Waals surface area contributed by atoms with Gasteiger partial charge in [-0.05, 0) is 0 Å². The highest BCUT2D eigenvalue weighted by Crippen LogP contribution is 2.20. The van der Waals surface area contributed by atoms with Crippen LogP contribution in [0.4, 0.5) is 0 Å². The van der Waals surface area contributed by atoms with Gasteiger partial charge in [0.25, 0.3) is 5.56 Å². The molecule has 2 rings (SSSR count). The van der Waals surface area contributed by atoms with Gasteiger partial charge in [0.15, 0.2) is 5.16 Å². The summed E-state index contributed by atoms with van der Waals surface area (Å²) in [5.74, 6) is 0. The van der Waals surface area contributed by atoms with Gasteiger partial charge >= 0.3 is 0 Å². The Morgan fingerprint density at radius 1 is 1.58 bits per heavy atom. The van der Waals surface area contributed by atoms with E-state index >= 15 is 0 Å².